The van der Waals surface area contributed by atoms with E-state index in [2.05, 4.69) is 15.4 Å². The van der Waals surface area contributed by atoms with Crippen molar-refractivity contribution in [2.45, 2.75) is 6.92 Å². The molecule has 23 heavy (non-hydrogen) atoms. The molecule has 0 saturated heterocycles. The van der Waals surface area contributed by atoms with E-state index >= 15 is 0 Å². The summed E-state index contributed by atoms with van der Waals surface area (Å²) in [6, 6.07) is 12.0. The van der Waals surface area contributed by atoms with E-state index in [1.165, 1.54) is 6.20 Å². The van der Waals surface area contributed by atoms with Gasteiger partial charge in [-0.25, -0.2) is 9.78 Å². The van der Waals surface area contributed by atoms with Gasteiger partial charge in [0, 0.05) is 12.3 Å². The van der Waals surface area contributed by atoms with Gasteiger partial charge in [-0.1, -0.05) is 23.7 Å². The van der Waals surface area contributed by atoms with E-state index in [0.717, 1.165) is 5.69 Å². The minimum Gasteiger partial charge on any atom is -0.478 e. The fourth-order valence-electron chi connectivity index (χ4n) is 2.17. The lowest BCUT2D eigenvalue weighted by Gasteiger charge is -2.11. The number of nitrogens with zero attached hydrogens (tertiary/aromatic N) is 3. The van der Waals surface area contributed by atoms with Gasteiger partial charge in [0.15, 0.2) is 5.82 Å². The predicted molar refractivity (Wildman–Crippen MR) is 87.8 cm³/mol. The minimum absolute atomic E-state index is 0.182. The van der Waals surface area contributed by atoms with Crippen LogP contribution in [0.5, 0.6) is 0 Å². The van der Waals surface area contributed by atoms with Crippen molar-refractivity contribution in [2.75, 3.05) is 5.32 Å². The van der Waals surface area contributed by atoms with Crippen LogP contribution in [0.2, 0.25) is 5.02 Å². The lowest BCUT2D eigenvalue weighted by Crippen LogP contribution is -2.07. The van der Waals surface area contributed by atoms with Crippen LogP contribution in [0.3, 0.4) is 0 Å². The van der Waals surface area contributed by atoms with Crippen LogP contribution in [0.25, 0.3) is 5.82 Å². The second-order valence-corrected chi connectivity index (χ2v) is 5.33. The topological polar surface area (TPSA) is 80.0 Å². The molecule has 2 heterocycles. The largest absolute Gasteiger partial charge is 0.478 e. The summed E-state index contributed by atoms with van der Waals surface area (Å²) in [5.41, 5.74) is 1.44. The van der Waals surface area contributed by atoms with Gasteiger partial charge in [-0.3, -0.25) is 0 Å². The number of hydrogen-bond donors (Lipinski definition) is 2. The Morgan fingerprint density at radius 3 is 2.74 bits per heavy atom. The van der Waals surface area contributed by atoms with Crippen LogP contribution in [0.1, 0.15) is 16.1 Å². The maximum atomic E-state index is 11.3. The van der Waals surface area contributed by atoms with E-state index in [-0.39, 0.29) is 5.56 Å². The number of carboxylic acid groups (broad SMARTS) is 1. The molecule has 0 aliphatic rings. The Kier molecular flexibility index (Phi) is 3.99. The number of nitrogens with one attached hydrogen (secondary N) is 1. The first-order valence-electron chi connectivity index (χ1n) is 6.82. The zero-order valence-electron chi connectivity index (χ0n) is 12.2. The second kappa shape index (κ2) is 6.10. The fraction of sp³-hybridized carbons (Fsp3) is 0.0625. The van der Waals surface area contributed by atoms with Crippen LogP contribution in [0.15, 0.2) is 48.7 Å². The SMILES string of the molecule is Cc1cc(Nc2ccccc2C(=O)O)n(-c2ccc(Cl)cn2)n1. The van der Waals surface area contributed by atoms with Crippen molar-refractivity contribution in [3.63, 3.8) is 0 Å². The number of para-hydroxylation sites is 1. The summed E-state index contributed by atoms with van der Waals surface area (Å²) in [4.78, 5) is 15.6. The van der Waals surface area contributed by atoms with Crippen molar-refractivity contribution in [1.29, 1.82) is 0 Å². The number of aromatic carboxylic acids is 1. The first-order valence-corrected chi connectivity index (χ1v) is 7.20. The molecule has 0 radical (unpaired) electrons. The quantitative estimate of drug-likeness (QED) is 0.763. The molecule has 2 aromatic heterocycles. The molecule has 0 fully saturated rings. The van der Waals surface area contributed by atoms with Crippen molar-refractivity contribution in [2.24, 2.45) is 0 Å². The number of aromatic nitrogens is 3. The van der Waals surface area contributed by atoms with Crippen molar-refractivity contribution in [1.82, 2.24) is 14.8 Å². The molecule has 3 rings (SSSR count). The highest BCUT2D eigenvalue weighted by molar-refractivity contribution is 6.30. The fourth-order valence-corrected chi connectivity index (χ4v) is 2.28. The molecule has 0 saturated carbocycles. The van der Waals surface area contributed by atoms with Crippen LogP contribution in [0.4, 0.5) is 11.5 Å². The van der Waals surface area contributed by atoms with E-state index in [9.17, 15) is 9.90 Å². The summed E-state index contributed by atoms with van der Waals surface area (Å²) in [6.07, 6.45) is 1.53. The zero-order chi connectivity index (χ0) is 16.4. The van der Waals surface area contributed by atoms with Gasteiger partial charge < -0.3 is 10.4 Å². The van der Waals surface area contributed by atoms with Gasteiger partial charge in [0.1, 0.15) is 5.82 Å². The lowest BCUT2D eigenvalue weighted by molar-refractivity contribution is 0.0698. The van der Waals surface area contributed by atoms with Gasteiger partial charge >= 0.3 is 5.97 Å². The smallest absolute Gasteiger partial charge is 0.337 e. The number of pyridine rings is 1. The molecule has 6 nitrogen and oxygen atoms in total. The molecule has 0 aliphatic heterocycles. The number of anilines is 2. The van der Waals surface area contributed by atoms with Crippen LogP contribution in [0, 0.1) is 6.92 Å². The highest BCUT2D eigenvalue weighted by Crippen LogP contribution is 2.24. The van der Waals surface area contributed by atoms with Gasteiger partial charge in [0.2, 0.25) is 0 Å². The molecular formula is C16H13ClN4O2. The number of carboxylic acids is 1. The van der Waals surface area contributed by atoms with E-state index < -0.39 is 5.97 Å². The monoisotopic (exact) mass is 328 g/mol. The molecule has 0 amide bonds. The molecule has 0 unspecified atom stereocenters. The van der Waals surface area contributed by atoms with Gasteiger partial charge in [-0.15, -0.1) is 0 Å². The number of hydrogen-bond acceptors (Lipinski definition) is 4. The highest BCUT2D eigenvalue weighted by Gasteiger charge is 2.13. The third kappa shape index (κ3) is 3.17. The Balaban J connectivity index is 2.02. The van der Waals surface area contributed by atoms with Crippen molar-refractivity contribution < 1.29 is 9.90 Å². The molecule has 0 spiro atoms. The van der Waals surface area contributed by atoms with Gasteiger partial charge in [-0.05, 0) is 31.2 Å². The van der Waals surface area contributed by atoms with Crippen LogP contribution in [-0.2, 0) is 0 Å². The molecule has 7 heteroatoms. The van der Waals surface area contributed by atoms with Crippen LogP contribution >= 0.6 is 11.6 Å². The van der Waals surface area contributed by atoms with E-state index in [1.54, 1.807) is 41.1 Å². The Morgan fingerprint density at radius 2 is 2.04 bits per heavy atom. The molecule has 0 aliphatic carbocycles. The van der Waals surface area contributed by atoms with Crippen molar-refractivity contribution >= 4 is 29.1 Å². The predicted octanol–water partition coefficient (Wildman–Crippen LogP) is 3.67. The Labute approximate surface area is 137 Å². The number of benzene rings is 1. The van der Waals surface area contributed by atoms with Crippen LogP contribution in [-0.4, -0.2) is 25.8 Å². The Morgan fingerprint density at radius 1 is 1.26 bits per heavy atom. The molecule has 0 atom stereocenters. The molecule has 3 aromatic rings. The van der Waals surface area contributed by atoms with Crippen LogP contribution < -0.4 is 5.32 Å². The van der Waals surface area contributed by atoms with E-state index in [1.807, 2.05) is 13.0 Å². The van der Waals surface area contributed by atoms with Gasteiger partial charge in [0.05, 0.1) is 22.0 Å². The molecular weight excluding hydrogens is 316 g/mol. The first kappa shape index (κ1) is 15.1. The average Bonchev–Trinajstić information content (AvgIpc) is 2.89. The van der Waals surface area contributed by atoms with E-state index in [0.29, 0.717) is 22.3 Å². The normalized spacial score (nSPS) is 10.5. The van der Waals surface area contributed by atoms with Crippen molar-refractivity contribution in [3.05, 3.63) is 64.9 Å². The highest BCUT2D eigenvalue weighted by atomic mass is 35.5. The Hall–Kier alpha value is -2.86. The van der Waals surface area contributed by atoms with Gasteiger partial charge in [-0.2, -0.15) is 9.78 Å². The third-order valence-corrected chi connectivity index (χ3v) is 3.40. The number of rotatable bonds is 4. The molecule has 116 valence electrons. The summed E-state index contributed by atoms with van der Waals surface area (Å²) in [7, 11) is 0. The zero-order valence-corrected chi connectivity index (χ0v) is 12.9. The lowest BCUT2D eigenvalue weighted by atomic mass is 10.2. The molecule has 1 aromatic carbocycles. The molecule has 2 N–H and O–H groups in total. The van der Waals surface area contributed by atoms with Gasteiger partial charge in [0.25, 0.3) is 0 Å². The maximum absolute atomic E-state index is 11.3. The maximum Gasteiger partial charge on any atom is 0.337 e. The number of halogens is 1. The average molecular weight is 329 g/mol. The summed E-state index contributed by atoms with van der Waals surface area (Å²) in [6.45, 7) is 1.85. The Bertz CT molecular complexity index is 859. The standard InChI is InChI=1S/C16H13ClN4O2/c1-10-8-15(19-13-5-3-2-4-12(13)16(22)23)21(20-10)14-7-6-11(17)9-18-14/h2-9,19H,1H3,(H,22,23). The first-order chi connectivity index (χ1) is 11.0. The summed E-state index contributed by atoms with van der Waals surface area (Å²) in [5, 5.41) is 17.3. The number of aryl methyl sites for hydroxylation is 1. The van der Waals surface area contributed by atoms with E-state index in [4.69, 9.17) is 11.6 Å². The minimum atomic E-state index is -1.000. The summed E-state index contributed by atoms with van der Waals surface area (Å²) in [5.74, 6) is 0.198. The second-order valence-electron chi connectivity index (χ2n) is 4.89. The number of carbonyl (C=O) groups is 1. The molecule has 0 bridgehead atoms. The van der Waals surface area contributed by atoms with Crippen molar-refractivity contribution in [3.8, 4) is 5.82 Å². The third-order valence-electron chi connectivity index (χ3n) is 3.18. The summed E-state index contributed by atoms with van der Waals surface area (Å²) >= 11 is 5.86. The summed E-state index contributed by atoms with van der Waals surface area (Å²) < 4.78 is 1.60.